The number of benzene rings is 1. The van der Waals surface area contributed by atoms with E-state index in [0.717, 1.165) is 38.2 Å². The average molecular weight is 473 g/mol. The molecule has 1 aromatic heterocycles. The van der Waals surface area contributed by atoms with Crippen molar-refractivity contribution in [3.8, 4) is 5.75 Å². The molecule has 5 rings (SSSR count). The Balaban J connectivity index is 1.40. The van der Waals surface area contributed by atoms with Gasteiger partial charge in [-0.05, 0) is 25.3 Å². The molecule has 1 unspecified atom stereocenters. The summed E-state index contributed by atoms with van der Waals surface area (Å²) in [6.45, 7) is 0.361. The lowest BCUT2D eigenvalue weighted by molar-refractivity contribution is -0.201. The smallest absolute Gasteiger partial charge is 0.276 e. The number of carbonyl (C=O) groups excluding carboxylic acids is 2. The molecular weight excluding hydrogens is 448 g/mol. The van der Waals surface area contributed by atoms with Crippen LogP contribution < -0.4 is 10.7 Å². The van der Waals surface area contributed by atoms with Gasteiger partial charge < -0.3 is 24.6 Å². The first kappa shape index (κ1) is 22.5. The fourth-order valence-corrected chi connectivity index (χ4v) is 5.23. The van der Waals surface area contributed by atoms with Crippen molar-refractivity contribution >= 4 is 11.8 Å². The highest BCUT2D eigenvalue weighted by molar-refractivity contribution is 5.99. The van der Waals surface area contributed by atoms with Crippen LogP contribution in [-0.2, 0) is 17.8 Å². The standard InChI is InChI=1S/C24H25F2N3O5/c25-15-5-4-14(17(26)10-15)11-27-22(32)16-12-28-13-18-29(23(33)19(28)21(31)20(16)30)9-8-24(34-18)6-2-1-3-7-24/h4-5,10,12,18,31H,1-3,6-9,11,13H2,(H,27,32). The number of nitrogens with one attached hydrogen (secondary N) is 1. The summed E-state index contributed by atoms with van der Waals surface area (Å²) in [5.41, 5.74) is -1.77. The van der Waals surface area contributed by atoms with Crippen molar-refractivity contribution < 1.29 is 28.2 Å². The first-order chi connectivity index (χ1) is 16.3. The van der Waals surface area contributed by atoms with E-state index < -0.39 is 40.9 Å². The number of carbonyl (C=O) groups is 2. The minimum Gasteiger partial charge on any atom is -0.503 e. The van der Waals surface area contributed by atoms with Gasteiger partial charge in [0.15, 0.2) is 17.7 Å². The van der Waals surface area contributed by atoms with Crippen LogP contribution >= 0.6 is 0 Å². The number of halogens is 2. The van der Waals surface area contributed by atoms with E-state index in [-0.39, 0.29) is 35.5 Å². The fraction of sp³-hybridized carbons (Fsp3) is 0.458. The van der Waals surface area contributed by atoms with E-state index in [1.165, 1.54) is 21.7 Å². The van der Waals surface area contributed by atoms with Crippen LogP contribution in [0, 0.1) is 11.6 Å². The highest BCUT2D eigenvalue weighted by atomic mass is 19.1. The molecule has 1 spiro atoms. The molecule has 10 heteroatoms. The summed E-state index contributed by atoms with van der Waals surface area (Å²) in [5.74, 6) is -3.74. The number of hydrogen-bond acceptors (Lipinski definition) is 5. The Hall–Kier alpha value is -3.27. The van der Waals surface area contributed by atoms with Gasteiger partial charge >= 0.3 is 0 Å². The maximum Gasteiger partial charge on any atom is 0.276 e. The number of hydrogen-bond donors (Lipinski definition) is 2. The number of aromatic nitrogens is 1. The Bertz CT molecular complexity index is 1220. The van der Waals surface area contributed by atoms with E-state index in [1.54, 1.807) is 0 Å². The fourth-order valence-electron chi connectivity index (χ4n) is 5.23. The second-order valence-electron chi connectivity index (χ2n) is 9.20. The predicted molar refractivity (Wildman–Crippen MR) is 116 cm³/mol. The van der Waals surface area contributed by atoms with Gasteiger partial charge in [0.2, 0.25) is 5.43 Å². The predicted octanol–water partition coefficient (Wildman–Crippen LogP) is 2.67. The average Bonchev–Trinajstić information content (AvgIpc) is 2.81. The quantitative estimate of drug-likeness (QED) is 0.714. The molecule has 1 atom stereocenters. The van der Waals surface area contributed by atoms with Gasteiger partial charge in [-0.3, -0.25) is 14.4 Å². The number of aromatic hydroxyl groups is 1. The molecular formula is C24H25F2N3O5. The molecule has 1 saturated heterocycles. The Labute approximate surface area is 194 Å². The summed E-state index contributed by atoms with van der Waals surface area (Å²) in [7, 11) is 0. The van der Waals surface area contributed by atoms with E-state index in [2.05, 4.69) is 5.32 Å². The van der Waals surface area contributed by atoms with Crippen LogP contribution in [0.5, 0.6) is 5.75 Å². The van der Waals surface area contributed by atoms with Crippen LogP contribution in [0.1, 0.15) is 64.9 Å². The maximum atomic E-state index is 13.9. The largest absolute Gasteiger partial charge is 0.503 e. The molecule has 2 aromatic rings. The molecule has 34 heavy (non-hydrogen) atoms. The summed E-state index contributed by atoms with van der Waals surface area (Å²) in [5, 5.41) is 12.9. The molecule has 3 heterocycles. The van der Waals surface area contributed by atoms with Crippen molar-refractivity contribution in [3.63, 3.8) is 0 Å². The van der Waals surface area contributed by atoms with Gasteiger partial charge in [-0.25, -0.2) is 8.78 Å². The number of ether oxygens (including phenoxy) is 1. The zero-order valence-corrected chi connectivity index (χ0v) is 18.5. The molecule has 1 aliphatic carbocycles. The summed E-state index contributed by atoms with van der Waals surface area (Å²) in [4.78, 5) is 40.0. The number of amides is 2. The van der Waals surface area contributed by atoms with Crippen molar-refractivity contribution in [1.82, 2.24) is 14.8 Å². The molecule has 3 aliphatic rings. The number of nitrogens with zero attached hydrogens (tertiary/aromatic N) is 2. The van der Waals surface area contributed by atoms with Gasteiger partial charge in [0, 0.05) is 30.9 Å². The van der Waals surface area contributed by atoms with Gasteiger partial charge in [0.1, 0.15) is 17.2 Å². The first-order valence-corrected chi connectivity index (χ1v) is 11.5. The zero-order chi connectivity index (χ0) is 24.0. The lowest BCUT2D eigenvalue weighted by atomic mass is 9.81. The molecule has 1 saturated carbocycles. The summed E-state index contributed by atoms with van der Waals surface area (Å²) < 4.78 is 34.7. The van der Waals surface area contributed by atoms with Gasteiger partial charge in [-0.1, -0.05) is 25.3 Å². The van der Waals surface area contributed by atoms with Crippen LogP contribution in [0.3, 0.4) is 0 Å². The van der Waals surface area contributed by atoms with Crippen molar-refractivity contribution in [2.24, 2.45) is 0 Å². The molecule has 0 bridgehead atoms. The van der Waals surface area contributed by atoms with Gasteiger partial charge in [-0.2, -0.15) is 0 Å². The molecule has 2 N–H and O–H groups in total. The van der Waals surface area contributed by atoms with Crippen molar-refractivity contribution in [3.05, 3.63) is 63.1 Å². The zero-order valence-electron chi connectivity index (χ0n) is 18.5. The van der Waals surface area contributed by atoms with Crippen molar-refractivity contribution in [1.29, 1.82) is 0 Å². The minimum absolute atomic E-state index is 0.0382. The second kappa shape index (κ2) is 8.50. The highest BCUT2D eigenvalue weighted by Crippen LogP contribution is 2.41. The third-order valence-corrected chi connectivity index (χ3v) is 7.08. The molecule has 2 fully saturated rings. The molecule has 2 aliphatic heterocycles. The lowest BCUT2D eigenvalue weighted by Gasteiger charge is -2.50. The van der Waals surface area contributed by atoms with Crippen LogP contribution in [0.4, 0.5) is 8.78 Å². The van der Waals surface area contributed by atoms with Crippen molar-refractivity contribution in [2.45, 2.75) is 63.4 Å². The molecule has 1 aromatic carbocycles. The summed E-state index contributed by atoms with van der Waals surface area (Å²) in [6.07, 6.45) is 6.56. The number of rotatable bonds is 3. The molecule has 2 amide bonds. The Kier molecular flexibility index (Phi) is 5.63. The van der Waals surface area contributed by atoms with E-state index in [1.807, 2.05) is 0 Å². The second-order valence-corrected chi connectivity index (χ2v) is 9.20. The summed E-state index contributed by atoms with van der Waals surface area (Å²) in [6, 6.07) is 2.95. The third-order valence-electron chi connectivity index (χ3n) is 7.08. The first-order valence-electron chi connectivity index (χ1n) is 11.5. The molecule has 0 radical (unpaired) electrons. The Morgan fingerprint density at radius 3 is 2.68 bits per heavy atom. The monoisotopic (exact) mass is 473 g/mol. The molecule has 8 nitrogen and oxygen atoms in total. The van der Waals surface area contributed by atoms with Crippen LogP contribution in [-0.4, -0.2) is 44.8 Å². The SMILES string of the molecule is O=C(NCc1ccc(F)cc1F)c1cn2c(c(O)c1=O)C(=O)N1CCC3(CCCCC3)OC1C2. The molecule has 180 valence electrons. The summed E-state index contributed by atoms with van der Waals surface area (Å²) >= 11 is 0. The topological polar surface area (TPSA) is 101 Å². The Morgan fingerprint density at radius 2 is 1.94 bits per heavy atom. The van der Waals surface area contributed by atoms with E-state index >= 15 is 0 Å². The highest BCUT2D eigenvalue weighted by Gasteiger charge is 2.46. The lowest BCUT2D eigenvalue weighted by Crippen LogP contribution is -2.59. The normalized spacial score (nSPS) is 21.2. The van der Waals surface area contributed by atoms with Gasteiger partial charge in [0.25, 0.3) is 11.8 Å². The van der Waals surface area contributed by atoms with Crippen LogP contribution in [0.25, 0.3) is 0 Å². The third kappa shape index (κ3) is 3.85. The Morgan fingerprint density at radius 1 is 1.18 bits per heavy atom. The van der Waals surface area contributed by atoms with Crippen LogP contribution in [0.2, 0.25) is 0 Å². The minimum atomic E-state index is -0.989. The number of fused-ring (bicyclic) bond motifs is 2. The van der Waals surface area contributed by atoms with E-state index in [0.29, 0.717) is 19.0 Å². The van der Waals surface area contributed by atoms with Gasteiger partial charge in [-0.15, -0.1) is 0 Å². The van der Waals surface area contributed by atoms with Crippen molar-refractivity contribution in [2.75, 3.05) is 6.54 Å². The van der Waals surface area contributed by atoms with Gasteiger partial charge in [0.05, 0.1) is 12.1 Å². The van der Waals surface area contributed by atoms with E-state index in [4.69, 9.17) is 4.74 Å². The number of pyridine rings is 1. The maximum absolute atomic E-state index is 13.9. The van der Waals surface area contributed by atoms with Crippen LogP contribution in [0.15, 0.2) is 29.2 Å². The van der Waals surface area contributed by atoms with E-state index in [9.17, 15) is 28.3 Å².